The molecule has 2 N–H and O–H groups in total. The van der Waals surface area contributed by atoms with Gasteiger partial charge < -0.3 is 10.5 Å². The van der Waals surface area contributed by atoms with Crippen LogP contribution in [0.2, 0.25) is 0 Å². The Bertz CT molecular complexity index is 757. The third-order valence-corrected chi connectivity index (χ3v) is 5.32. The number of benzene rings is 1. The van der Waals surface area contributed by atoms with E-state index in [2.05, 4.69) is 5.10 Å². The first kappa shape index (κ1) is 18.0. The predicted octanol–water partition coefficient (Wildman–Crippen LogP) is 0.458. The molecular weight excluding hydrogens is 332 g/mol. The Hall–Kier alpha value is -2.39. The molecule has 1 heterocycles. The molecular formula is C15H20N4O4S. The molecule has 0 spiro atoms. The number of sulfonamides is 1. The zero-order chi connectivity index (χ0) is 17.6. The van der Waals surface area contributed by atoms with E-state index in [1.165, 1.54) is 28.6 Å². The van der Waals surface area contributed by atoms with Gasteiger partial charge >= 0.3 is 0 Å². The molecule has 0 atom stereocenters. The predicted molar refractivity (Wildman–Crippen MR) is 87.8 cm³/mol. The van der Waals surface area contributed by atoms with E-state index < -0.39 is 15.9 Å². The van der Waals surface area contributed by atoms with Crippen molar-refractivity contribution in [2.45, 2.75) is 18.4 Å². The Labute approximate surface area is 140 Å². The number of aromatic nitrogens is 2. The molecule has 1 aromatic carbocycles. The summed E-state index contributed by atoms with van der Waals surface area (Å²) in [4.78, 5) is 10.8. The van der Waals surface area contributed by atoms with Crippen LogP contribution in [0, 0.1) is 0 Å². The summed E-state index contributed by atoms with van der Waals surface area (Å²) in [5.74, 6) is -0.213. The first-order valence-electron chi connectivity index (χ1n) is 7.42. The van der Waals surface area contributed by atoms with Crippen molar-refractivity contribution in [1.29, 1.82) is 0 Å². The molecule has 0 unspecified atom stereocenters. The first-order chi connectivity index (χ1) is 11.4. The smallest absolute Gasteiger partial charge is 0.255 e. The van der Waals surface area contributed by atoms with E-state index >= 15 is 0 Å². The molecule has 0 fully saturated rings. The van der Waals surface area contributed by atoms with Crippen molar-refractivity contribution in [2.24, 2.45) is 5.73 Å². The molecule has 1 amide bonds. The van der Waals surface area contributed by atoms with E-state index in [0.29, 0.717) is 25.4 Å². The summed E-state index contributed by atoms with van der Waals surface area (Å²) < 4.78 is 33.5. The van der Waals surface area contributed by atoms with Gasteiger partial charge in [0.1, 0.15) is 5.75 Å². The number of hydrogen-bond acceptors (Lipinski definition) is 5. The zero-order valence-corrected chi connectivity index (χ0v) is 14.1. The quantitative estimate of drug-likeness (QED) is 0.705. The fourth-order valence-electron chi connectivity index (χ4n) is 2.11. The van der Waals surface area contributed by atoms with Crippen LogP contribution in [-0.4, -0.2) is 48.1 Å². The van der Waals surface area contributed by atoms with Gasteiger partial charge in [0.2, 0.25) is 10.0 Å². The highest BCUT2D eigenvalue weighted by atomic mass is 32.2. The minimum atomic E-state index is -3.61. The number of carbonyl (C=O) groups is 1. The molecule has 0 bridgehead atoms. The van der Waals surface area contributed by atoms with E-state index in [1.54, 1.807) is 30.1 Å². The van der Waals surface area contributed by atoms with Crippen LogP contribution in [0.25, 0.3) is 0 Å². The standard InChI is InChI=1S/C15H20N4O4S/c1-2-19(11-10-18-9-3-8-17-18)24(21,22)14-6-4-13(5-7-14)23-12-15(16)20/h3-9H,2,10-12H2,1H3,(H2,16,20). The number of amides is 1. The summed E-state index contributed by atoms with van der Waals surface area (Å²) in [7, 11) is -3.61. The van der Waals surface area contributed by atoms with Gasteiger partial charge in [0.25, 0.3) is 5.91 Å². The van der Waals surface area contributed by atoms with Gasteiger partial charge in [0, 0.05) is 25.5 Å². The van der Waals surface area contributed by atoms with Crippen molar-refractivity contribution in [3.8, 4) is 5.75 Å². The molecule has 0 aliphatic heterocycles. The molecule has 24 heavy (non-hydrogen) atoms. The van der Waals surface area contributed by atoms with Gasteiger partial charge in [-0.3, -0.25) is 9.48 Å². The average molecular weight is 352 g/mol. The first-order valence-corrected chi connectivity index (χ1v) is 8.86. The SMILES string of the molecule is CCN(CCn1cccn1)S(=O)(=O)c1ccc(OCC(N)=O)cc1. The number of carbonyl (C=O) groups excluding carboxylic acids is 1. The van der Waals surface area contributed by atoms with Gasteiger partial charge in [-0.2, -0.15) is 9.40 Å². The fraction of sp³-hybridized carbons (Fsp3) is 0.333. The van der Waals surface area contributed by atoms with Crippen LogP contribution < -0.4 is 10.5 Å². The molecule has 0 saturated heterocycles. The number of nitrogens with zero attached hydrogens (tertiary/aromatic N) is 3. The van der Waals surface area contributed by atoms with Crippen molar-refractivity contribution in [2.75, 3.05) is 19.7 Å². The van der Waals surface area contributed by atoms with Crippen LogP contribution in [0.4, 0.5) is 0 Å². The topological polar surface area (TPSA) is 108 Å². The number of nitrogens with two attached hydrogens (primary N) is 1. The number of likely N-dealkylation sites (N-methyl/N-ethyl adjacent to an activating group) is 1. The van der Waals surface area contributed by atoms with Crippen molar-refractivity contribution >= 4 is 15.9 Å². The van der Waals surface area contributed by atoms with Crippen molar-refractivity contribution in [3.05, 3.63) is 42.7 Å². The summed E-state index contributed by atoms with van der Waals surface area (Å²) in [6, 6.07) is 7.67. The lowest BCUT2D eigenvalue weighted by molar-refractivity contribution is -0.119. The van der Waals surface area contributed by atoms with Gasteiger partial charge in [0.15, 0.2) is 6.61 Å². The Kier molecular flexibility index (Phi) is 5.93. The summed E-state index contributed by atoms with van der Waals surface area (Å²) in [5, 5.41) is 4.06. The Morgan fingerprint density at radius 1 is 1.33 bits per heavy atom. The Balaban J connectivity index is 2.07. The average Bonchev–Trinajstić information content (AvgIpc) is 3.07. The maximum absolute atomic E-state index is 12.7. The van der Waals surface area contributed by atoms with Crippen molar-refractivity contribution in [1.82, 2.24) is 14.1 Å². The van der Waals surface area contributed by atoms with E-state index in [0.717, 1.165) is 0 Å². The van der Waals surface area contributed by atoms with Gasteiger partial charge in [-0.25, -0.2) is 8.42 Å². The minimum absolute atomic E-state index is 0.163. The largest absolute Gasteiger partial charge is 0.484 e. The highest BCUT2D eigenvalue weighted by Gasteiger charge is 2.22. The molecule has 0 radical (unpaired) electrons. The van der Waals surface area contributed by atoms with Crippen molar-refractivity contribution < 1.29 is 17.9 Å². The number of primary amides is 1. The number of rotatable bonds is 9. The van der Waals surface area contributed by atoms with Gasteiger partial charge in [-0.05, 0) is 30.3 Å². The fourth-order valence-corrected chi connectivity index (χ4v) is 3.55. The summed E-state index contributed by atoms with van der Waals surface area (Å²) in [5.41, 5.74) is 5.00. The second-order valence-corrected chi connectivity index (χ2v) is 6.93. The van der Waals surface area contributed by atoms with Crippen LogP contribution in [-0.2, 0) is 21.4 Å². The highest BCUT2D eigenvalue weighted by molar-refractivity contribution is 7.89. The van der Waals surface area contributed by atoms with Crippen LogP contribution in [0.3, 0.4) is 0 Å². The summed E-state index contributed by atoms with van der Waals surface area (Å²) in [6.07, 6.45) is 3.43. The minimum Gasteiger partial charge on any atom is -0.484 e. The van der Waals surface area contributed by atoms with Crippen LogP contribution in [0.5, 0.6) is 5.75 Å². The third kappa shape index (κ3) is 4.56. The molecule has 0 saturated carbocycles. The molecule has 1 aromatic heterocycles. The molecule has 0 aliphatic carbocycles. The lowest BCUT2D eigenvalue weighted by Crippen LogP contribution is -2.33. The van der Waals surface area contributed by atoms with Gasteiger partial charge in [-0.1, -0.05) is 6.92 Å². The zero-order valence-electron chi connectivity index (χ0n) is 13.3. The van der Waals surface area contributed by atoms with Crippen LogP contribution in [0.15, 0.2) is 47.6 Å². The van der Waals surface area contributed by atoms with Crippen LogP contribution in [0.1, 0.15) is 6.92 Å². The van der Waals surface area contributed by atoms with E-state index in [9.17, 15) is 13.2 Å². The highest BCUT2D eigenvalue weighted by Crippen LogP contribution is 2.19. The van der Waals surface area contributed by atoms with E-state index in [-0.39, 0.29) is 11.5 Å². The molecule has 8 nitrogen and oxygen atoms in total. The van der Waals surface area contributed by atoms with Gasteiger partial charge in [-0.15, -0.1) is 0 Å². The van der Waals surface area contributed by atoms with Crippen LogP contribution >= 0.6 is 0 Å². The van der Waals surface area contributed by atoms with Crippen molar-refractivity contribution in [3.63, 3.8) is 0 Å². The Morgan fingerprint density at radius 3 is 2.58 bits per heavy atom. The second kappa shape index (κ2) is 7.93. The molecule has 130 valence electrons. The number of hydrogen-bond donors (Lipinski definition) is 1. The summed E-state index contributed by atoms with van der Waals surface area (Å²) >= 11 is 0. The Morgan fingerprint density at radius 2 is 2.04 bits per heavy atom. The molecule has 2 rings (SSSR count). The monoisotopic (exact) mass is 352 g/mol. The lowest BCUT2D eigenvalue weighted by Gasteiger charge is -2.20. The molecule has 0 aliphatic rings. The molecule has 2 aromatic rings. The maximum atomic E-state index is 12.7. The molecule has 9 heteroatoms. The number of ether oxygens (including phenoxy) is 1. The van der Waals surface area contributed by atoms with E-state index in [4.69, 9.17) is 10.5 Å². The normalized spacial score (nSPS) is 11.6. The lowest BCUT2D eigenvalue weighted by atomic mass is 10.3. The third-order valence-electron chi connectivity index (χ3n) is 3.33. The van der Waals surface area contributed by atoms with E-state index in [1.807, 2.05) is 0 Å². The summed E-state index contributed by atoms with van der Waals surface area (Å²) in [6.45, 7) is 2.67. The maximum Gasteiger partial charge on any atom is 0.255 e. The van der Waals surface area contributed by atoms with Gasteiger partial charge in [0.05, 0.1) is 11.4 Å². The second-order valence-electron chi connectivity index (χ2n) is 4.99.